The summed E-state index contributed by atoms with van der Waals surface area (Å²) in [5.41, 5.74) is 2.18. The Kier molecular flexibility index (Phi) is 6.17. The molecule has 0 aliphatic heterocycles. The van der Waals surface area contributed by atoms with E-state index in [1.54, 1.807) is 24.3 Å². The van der Waals surface area contributed by atoms with Crippen molar-refractivity contribution >= 4 is 11.8 Å². The average Bonchev–Trinajstić information content (AvgIpc) is 3.20. The number of hydrogen-bond donors (Lipinski definition) is 0. The monoisotopic (exact) mass is 353 g/mol. The van der Waals surface area contributed by atoms with E-state index in [0.717, 1.165) is 47.8 Å². The van der Waals surface area contributed by atoms with Crippen LogP contribution in [0.25, 0.3) is 5.69 Å². The topological polar surface area (TPSA) is 56.5 Å². The highest BCUT2D eigenvalue weighted by Crippen LogP contribution is 2.16. The Balaban J connectivity index is 1.44. The van der Waals surface area contributed by atoms with E-state index in [2.05, 4.69) is 39.0 Å². The van der Waals surface area contributed by atoms with Crippen molar-refractivity contribution in [3.63, 3.8) is 0 Å². The van der Waals surface area contributed by atoms with Crippen LogP contribution in [0.2, 0.25) is 0 Å². The molecule has 0 saturated carbocycles. The molecule has 0 aliphatic rings. The van der Waals surface area contributed by atoms with E-state index in [1.165, 1.54) is 0 Å². The van der Waals surface area contributed by atoms with Gasteiger partial charge in [0.25, 0.3) is 0 Å². The van der Waals surface area contributed by atoms with Gasteiger partial charge in [-0.15, -0.1) is 11.8 Å². The molecule has 3 aromatic heterocycles. The first-order chi connectivity index (χ1) is 12.2. The van der Waals surface area contributed by atoms with Crippen molar-refractivity contribution in [3.05, 3.63) is 61.0 Å². The number of nitrogens with zero attached hydrogens (tertiary/aromatic N) is 5. The molecule has 0 aliphatic carbocycles. The smallest absolute Gasteiger partial charge is 0.128 e. The van der Waals surface area contributed by atoms with Gasteiger partial charge in [0.1, 0.15) is 5.82 Å². The van der Waals surface area contributed by atoms with Crippen LogP contribution in [0.3, 0.4) is 0 Å². The zero-order valence-electron chi connectivity index (χ0n) is 14.7. The largest absolute Gasteiger partial charge is 0.305 e. The Labute approximate surface area is 153 Å². The highest BCUT2D eigenvalue weighted by molar-refractivity contribution is 7.98. The van der Waals surface area contributed by atoms with Crippen LogP contribution in [-0.4, -0.2) is 30.8 Å². The average molecular weight is 353 g/mol. The van der Waals surface area contributed by atoms with Gasteiger partial charge in [-0.25, -0.2) is 15.0 Å². The van der Waals surface area contributed by atoms with Crippen LogP contribution in [0.1, 0.15) is 31.3 Å². The van der Waals surface area contributed by atoms with Crippen molar-refractivity contribution in [2.75, 3.05) is 6.26 Å². The van der Waals surface area contributed by atoms with E-state index in [-0.39, 0.29) is 0 Å². The van der Waals surface area contributed by atoms with Crippen LogP contribution >= 0.6 is 11.8 Å². The zero-order chi connectivity index (χ0) is 17.5. The molecule has 130 valence electrons. The number of imidazole rings is 1. The summed E-state index contributed by atoms with van der Waals surface area (Å²) in [4.78, 5) is 18.6. The number of thioether (sulfide) groups is 1. The predicted molar refractivity (Wildman–Crippen MR) is 101 cm³/mol. The Hall–Kier alpha value is -2.21. The van der Waals surface area contributed by atoms with Gasteiger partial charge in [-0.05, 0) is 43.6 Å². The molecule has 25 heavy (non-hydrogen) atoms. The van der Waals surface area contributed by atoms with Crippen LogP contribution < -0.4 is 0 Å². The van der Waals surface area contributed by atoms with Gasteiger partial charge in [0.15, 0.2) is 0 Å². The fourth-order valence-electron chi connectivity index (χ4n) is 2.62. The lowest BCUT2D eigenvalue weighted by molar-refractivity contribution is 0.484. The van der Waals surface area contributed by atoms with Gasteiger partial charge < -0.3 is 4.57 Å². The standard InChI is InChI=1S/C19H23N5S/c1-15(4-8-19-22-12-18(25-2)13-23-19)3-5-16-6-7-17(11-21-16)24-10-9-20-14-24/h6-7,9-15H,3-5,8H2,1-2H3/t15-/m1/s1. The van der Waals surface area contributed by atoms with Crippen molar-refractivity contribution in [3.8, 4) is 5.69 Å². The van der Waals surface area contributed by atoms with E-state index in [1.807, 2.05) is 35.6 Å². The fraction of sp³-hybridized carbons (Fsp3) is 0.368. The van der Waals surface area contributed by atoms with Crippen LogP contribution in [0.15, 0.2) is 54.3 Å². The van der Waals surface area contributed by atoms with E-state index < -0.39 is 0 Å². The molecule has 6 heteroatoms. The molecule has 0 bridgehead atoms. The Morgan fingerprint density at radius 1 is 1.04 bits per heavy atom. The number of hydrogen-bond acceptors (Lipinski definition) is 5. The maximum absolute atomic E-state index is 4.57. The molecular formula is C19H23N5S. The van der Waals surface area contributed by atoms with E-state index in [0.29, 0.717) is 5.92 Å². The number of pyridine rings is 1. The van der Waals surface area contributed by atoms with Crippen LogP contribution in [0.4, 0.5) is 0 Å². The van der Waals surface area contributed by atoms with Gasteiger partial charge in [-0.2, -0.15) is 0 Å². The summed E-state index contributed by atoms with van der Waals surface area (Å²) in [6.07, 6.45) is 17.4. The summed E-state index contributed by atoms with van der Waals surface area (Å²) in [5.74, 6) is 1.56. The lowest BCUT2D eigenvalue weighted by Crippen LogP contribution is -2.03. The van der Waals surface area contributed by atoms with Crippen molar-refractivity contribution in [1.82, 2.24) is 24.5 Å². The normalized spacial score (nSPS) is 12.2. The molecule has 0 radical (unpaired) electrons. The highest BCUT2D eigenvalue weighted by Gasteiger charge is 2.06. The lowest BCUT2D eigenvalue weighted by Gasteiger charge is -2.11. The molecule has 3 rings (SSSR count). The molecule has 0 fully saturated rings. The number of rotatable bonds is 8. The summed E-state index contributed by atoms with van der Waals surface area (Å²) in [6, 6.07) is 4.20. The molecule has 1 atom stereocenters. The van der Waals surface area contributed by atoms with Crippen molar-refractivity contribution in [2.24, 2.45) is 5.92 Å². The van der Waals surface area contributed by atoms with Gasteiger partial charge >= 0.3 is 0 Å². The van der Waals surface area contributed by atoms with E-state index in [4.69, 9.17) is 0 Å². The van der Waals surface area contributed by atoms with Gasteiger partial charge in [0.05, 0.1) is 18.2 Å². The van der Waals surface area contributed by atoms with Crippen molar-refractivity contribution in [1.29, 1.82) is 0 Å². The first-order valence-electron chi connectivity index (χ1n) is 8.53. The molecule has 0 spiro atoms. The van der Waals surface area contributed by atoms with Gasteiger partial charge in [0, 0.05) is 41.8 Å². The van der Waals surface area contributed by atoms with Crippen molar-refractivity contribution in [2.45, 2.75) is 37.5 Å². The van der Waals surface area contributed by atoms with Gasteiger partial charge in [-0.1, -0.05) is 6.92 Å². The maximum atomic E-state index is 4.57. The molecule has 0 aromatic carbocycles. The van der Waals surface area contributed by atoms with Crippen LogP contribution in [0.5, 0.6) is 0 Å². The van der Waals surface area contributed by atoms with E-state index >= 15 is 0 Å². The third-order valence-electron chi connectivity index (χ3n) is 4.28. The highest BCUT2D eigenvalue weighted by atomic mass is 32.2. The molecule has 3 heterocycles. The summed E-state index contributed by atoms with van der Waals surface area (Å²) < 4.78 is 1.96. The number of aryl methyl sites for hydroxylation is 2. The second-order valence-corrected chi connectivity index (χ2v) is 7.08. The number of aromatic nitrogens is 5. The Morgan fingerprint density at radius 3 is 2.48 bits per heavy atom. The lowest BCUT2D eigenvalue weighted by atomic mass is 9.98. The first-order valence-corrected chi connectivity index (χ1v) is 9.75. The quantitative estimate of drug-likeness (QED) is 0.573. The third-order valence-corrected chi connectivity index (χ3v) is 4.97. The Morgan fingerprint density at radius 2 is 1.84 bits per heavy atom. The second kappa shape index (κ2) is 8.76. The van der Waals surface area contributed by atoms with Gasteiger partial charge in [0.2, 0.25) is 0 Å². The maximum Gasteiger partial charge on any atom is 0.128 e. The molecular weight excluding hydrogens is 330 g/mol. The van der Waals surface area contributed by atoms with Crippen molar-refractivity contribution < 1.29 is 0 Å². The summed E-state index contributed by atoms with van der Waals surface area (Å²) in [7, 11) is 0. The molecule has 0 N–H and O–H groups in total. The SMILES string of the molecule is CSc1cnc(CC[C@H](C)CCc2ccc(-n3ccnc3)cn2)nc1. The van der Waals surface area contributed by atoms with E-state index in [9.17, 15) is 0 Å². The summed E-state index contributed by atoms with van der Waals surface area (Å²) >= 11 is 1.67. The first kappa shape index (κ1) is 17.6. The minimum atomic E-state index is 0.624. The van der Waals surface area contributed by atoms with Crippen LogP contribution in [-0.2, 0) is 12.8 Å². The Bertz CT molecular complexity index is 754. The molecule has 0 amide bonds. The zero-order valence-corrected chi connectivity index (χ0v) is 15.5. The molecule has 0 unspecified atom stereocenters. The minimum absolute atomic E-state index is 0.624. The minimum Gasteiger partial charge on any atom is -0.305 e. The molecule has 0 saturated heterocycles. The summed E-state index contributed by atoms with van der Waals surface area (Å²) in [6.45, 7) is 2.29. The molecule has 5 nitrogen and oxygen atoms in total. The van der Waals surface area contributed by atoms with Gasteiger partial charge in [-0.3, -0.25) is 4.98 Å². The molecule has 3 aromatic rings. The second-order valence-electron chi connectivity index (χ2n) is 6.20. The third kappa shape index (κ3) is 5.13. The van der Waals surface area contributed by atoms with Crippen LogP contribution in [0, 0.1) is 5.92 Å². The fourth-order valence-corrected chi connectivity index (χ4v) is 2.94. The summed E-state index contributed by atoms with van der Waals surface area (Å²) in [5, 5.41) is 0. The predicted octanol–water partition coefficient (Wildman–Crippen LogP) is 3.98.